The number of ether oxygens (including phenoxy) is 2. The molecule has 1 N–H and O–H groups in total. The Morgan fingerprint density at radius 2 is 1.85 bits per heavy atom. The van der Waals surface area contributed by atoms with Gasteiger partial charge in [-0.25, -0.2) is 4.98 Å². The highest BCUT2D eigenvalue weighted by Gasteiger charge is 2.16. The fourth-order valence-corrected chi connectivity index (χ4v) is 4.87. The van der Waals surface area contributed by atoms with Crippen LogP contribution in [0, 0.1) is 6.92 Å². The SMILES string of the molecule is COc1ccc(CCNC(=O)Cn2cnc3sc(-c4ccccc4)c(C)c3c2=O)cc1OC. The van der Waals surface area contributed by atoms with Gasteiger partial charge >= 0.3 is 0 Å². The topological polar surface area (TPSA) is 82.5 Å². The highest BCUT2D eigenvalue weighted by atomic mass is 32.1. The number of aryl methyl sites for hydroxylation is 1. The number of methoxy groups -OCH3 is 2. The van der Waals surface area contributed by atoms with E-state index in [4.69, 9.17) is 9.47 Å². The predicted molar refractivity (Wildman–Crippen MR) is 130 cm³/mol. The minimum absolute atomic E-state index is 0.0797. The maximum atomic E-state index is 13.1. The Labute approximate surface area is 195 Å². The van der Waals surface area contributed by atoms with Crippen molar-refractivity contribution < 1.29 is 14.3 Å². The van der Waals surface area contributed by atoms with Crippen LogP contribution in [0.3, 0.4) is 0 Å². The lowest BCUT2D eigenvalue weighted by molar-refractivity contribution is -0.121. The summed E-state index contributed by atoms with van der Waals surface area (Å²) in [5.41, 5.74) is 2.75. The van der Waals surface area contributed by atoms with Crippen molar-refractivity contribution in [3.05, 3.63) is 76.3 Å². The molecule has 0 spiro atoms. The van der Waals surface area contributed by atoms with Crippen molar-refractivity contribution in [2.75, 3.05) is 20.8 Å². The Bertz CT molecular complexity index is 1350. The summed E-state index contributed by atoms with van der Waals surface area (Å²) in [4.78, 5) is 31.7. The lowest BCUT2D eigenvalue weighted by Gasteiger charge is -2.10. The second-order valence-electron chi connectivity index (χ2n) is 7.57. The van der Waals surface area contributed by atoms with Gasteiger partial charge in [0.05, 0.1) is 25.9 Å². The van der Waals surface area contributed by atoms with Crippen LogP contribution in [-0.4, -0.2) is 36.2 Å². The summed E-state index contributed by atoms with van der Waals surface area (Å²) < 4.78 is 11.9. The quantitative estimate of drug-likeness (QED) is 0.430. The predicted octanol–water partition coefficient (Wildman–Crippen LogP) is 3.81. The van der Waals surface area contributed by atoms with Gasteiger partial charge in [0.15, 0.2) is 11.5 Å². The van der Waals surface area contributed by atoms with Crippen LogP contribution in [0.25, 0.3) is 20.7 Å². The van der Waals surface area contributed by atoms with E-state index in [0.717, 1.165) is 21.6 Å². The molecule has 4 aromatic rings. The van der Waals surface area contributed by atoms with Crippen molar-refractivity contribution in [2.45, 2.75) is 19.9 Å². The van der Waals surface area contributed by atoms with E-state index in [1.807, 2.05) is 55.5 Å². The normalized spacial score (nSPS) is 10.9. The van der Waals surface area contributed by atoms with E-state index in [1.54, 1.807) is 14.2 Å². The fraction of sp³-hybridized carbons (Fsp3) is 0.240. The van der Waals surface area contributed by atoms with E-state index in [0.29, 0.717) is 34.7 Å². The average Bonchev–Trinajstić information content (AvgIpc) is 3.18. The number of carbonyl (C=O) groups is 1. The monoisotopic (exact) mass is 463 g/mol. The van der Waals surface area contributed by atoms with E-state index < -0.39 is 0 Å². The van der Waals surface area contributed by atoms with Crippen LogP contribution in [0.2, 0.25) is 0 Å². The molecule has 0 radical (unpaired) electrons. The van der Waals surface area contributed by atoms with Gasteiger partial charge in [-0.15, -0.1) is 11.3 Å². The minimum Gasteiger partial charge on any atom is -0.493 e. The van der Waals surface area contributed by atoms with Crippen LogP contribution in [0.4, 0.5) is 0 Å². The molecule has 2 heterocycles. The molecule has 2 aromatic heterocycles. The summed E-state index contributed by atoms with van der Waals surface area (Å²) in [7, 11) is 3.18. The van der Waals surface area contributed by atoms with Crippen molar-refractivity contribution in [3.8, 4) is 21.9 Å². The number of thiophene rings is 1. The van der Waals surface area contributed by atoms with Gasteiger partial charge in [-0.05, 0) is 42.2 Å². The molecule has 0 unspecified atom stereocenters. The maximum absolute atomic E-state index is 13.1. The van der Waals surface area contributed by atoms with Gasteiger partial charge in [0.1, 0.15) is 11.4 Å². The van der Waals surface area contributed by atoms with Crippen LogP contribution in [0.15, 0.2) is 59.7 Å². The largest absolute Gasteiger partial charge is 0.493 e. The lowest BCUT2D eigenvalue weighted by Crippen LogP contribution is -2.33. The molecule has 1 amide bonds. The summed E-state index contributed by atoms with van der Waals surface area (Å²) in [6.07, 6.45) is 2.08. The minimum atomic E-state index is -0.241. The molecule has 0 fully saturated rings. The third-order valence-corrected chi connectivity index (χ3v) is 6.70. The Morgan fingerprint density at radius 3 is 2.58 bits per heavy atom. The van der Waals surface area contributed by atoms with E-state index >= 15 is 0 Å². The first kappa shape index (κ1) is 22.5. The molecule has 0 saturated heterocycles. The molecule has 0 bridgehead atoms. The molecule has 170 valence electrons. The van der Waals surface area contributed by atoms with E-state index in [2.05, 4.69) is 10.3 Å². The van der Waals surface area contributed by atoms with Crippen molar-refractivity contribution in [3.63, 3.8) is 0 Å². The number of amides is 1. The molecule has 0 atom stereocenters. The number of rotatable bonds is 8. The number of hydrogen-bond donors (Lipinski definition) is 1. The summed E-state index contributed by atoms with van der Waals surface area (Å²) >= 11 is 1.49. The second-order valence-corrected chi connectivity index (χ2v) is 8.57. The number of carbonyl (C=O) groups excluding carboxylic acids is 1. The molecule has 8 heteroatoms. The highest BCUT2D eigenvalue weighted by Crippen LogP contribution is 2.35. The van der Waals surface area contributed by atoms with Crippen LogP contribution in [-0.2, 0) is 17.8 Å². The number of benzene rings is 2. The Balaban J connectivity index is 1.44. The maximum Gasteiger partial charge on any atom is 0.262 e. The van der Waals surface area contributed by atoms with Crippen molar-refractivity contribution >= 4 is 27.5 Å². The first-order valence-corrected chi connectivity index (χ1v) is 11.3. The number of nitrogens with one attached hydrogen (secondary N) is 1. The Kier molecular flexibility index (Phi) is 6.74. The molecular weight excluding hydrogens is 438 g/mol. The van der Waals surface area contributed by atoms with E-state index in [-0.39, 0.29) is 18.0 Å². The lowest BCUT2D eigenvalue weighted by atomic mass is 10.1. The third-order valence-electron chi connectivity index (χ3n) is 5.45. The van der Waals surface area contributed by atoms with Crippen LogP contribution in [0.1, 0.15) is 11.1 Å². The number of nitrogens with zero attached hydrogens (tertiary/aromatic N) is 2. The van der Waals surface area contributed by atoms with Crippen LogP contribution < -0.4 is 20.3 Å². The first-order chi connectivity index (χ1) is 16.0. The smallest absolute Gasteiger partial charge is 0.262 e. The van der Waals surface area contributed by atoms with Gasteiger partial charge in [0.25, 0.3) is 5.56 Å². The first-order valence-electron chi connectivity index (χ1n) is 10.5. The van der Waals surface area contributed by atoms with Crippen LogP contribution >= 0.6 is 11.3 Å². The van der Waals surface area contributed by atoms with Crippen molar-refractivity contribution in [1.82, 2.24) is 14.9 Å². The van der Waals surface area contributed by atoms with Gasteiger partial charge in [-0.1, -0.05) is 36.4 Å². The van der Waals surface area contributed by atoms with Crippen molar-refractivity contribution in [2.24, 2.45) is 0 Å². The standard InChI is InChI=1S/C25H25N3O4S/c1-16-22-24(33-23(16)18-7-5-4-6-8-18)27-15-28(25(22)30)14-21(29)26-12-11-17-9-10-19(31-2)20(13-17)32-3/h4-10,13,15H,11-12,14H2,1-3H3,(H,26,29). The summed E-state index contributed by atoms with van der Waals surface area (Å²) in [6.45, 7) is 2.29. The van der Waals surface area contributed by atoms with Gasteiger partial charge < -0.3 is 14.8 Å². The molecule has 0 aliphatic carbocycles. The zero-order valence-electron chi connectivity index (χ0n) is 18.8. The summed E-state index contributed by atoms with van der Waals surface area (Å²) in [5.74, 6) is 1.06. The average molecular weight is 464 g/mol. The molecule has 4 rings (SSSR count). The third kappa shape index (κ3) is 4.75. The van der Waals surface area contributed by atoms with Gasteiger partial charge in [0.2, 0.25) is 5.91 Å². The van der Waals surface area contributed by atoms with Gasteiger partial charge in [-0.3, -0.25) is 14.2 Å². The molecule has 0 aliphatic heterocycles. The number of fused-ring (bicyclic) bond motifs is 1. The Morgan fingerprint density at radius 1 is 1.09 bits per heavy atom. The van der Waals surface area contributed by atoms with Crippen molar-refractivity contribution in [1.29, 1.82) is 0 Å². The zero-order valence-corrected chi connectivity index (χ0v) is 19.6. The van der Waals surface area contributed by atoms with E-state index in [9.17, 15) is 9.59 Å². The molecule has 33 heavy (non-hydrogen) atoms. The zero-order chi connectivity index (χ0) is 23.4. The molecule has 0 saturated carbocycles. The molecular formula is C25H25N3O4S. The van der Waals surface area contributed by atoms with Crippen LogP contribution in [0.5, 0.6) is 11.5 Å². The fourth-order valence-electron chi connectivity index (χ4n) is 3.73. The van der Waals surface area contributed by atoms with Gasteiger partial charge in [0, 0.05) is 11.4 Å². The summed E-state index contributed by atoms with van der Waals surface area (Å²) in [6, 6.07) is 15.6. The molecule has 0 aliphatic rings. The Hall–Kier alpha value is -3.65. The van der Waals surface area contributed by atoms with Gasteiger partial charge in [-0.2, -0.15) is 0 Å². The molecule has 7 nitrogen and oxygen atoms in total. The number of aromatic nitrogens is 2. The second kappa shape index (κ2) is 9.87. The molecule has 2 aromatic carbocycles. The highest BCUT2D eigenvalue weighted by molar-refractivity contribution is 7.22. The van der Waals surface area contributed by atoms with E-state index in [1.165, 1.54) is 22.2 Å². The summed E-state index contributed by atoms with van der Waals surface area (Å²) in [5, 5.41) is 3.44. The number of hydrogen-bond acceptors (Lipinski definition) is 6.